The van der Waals surface area contributed by atoms with Gasteiger partial charge in [0.15, 0.2) is 0 Å². The van der Waals surface area contributed by atoms with E-state index in [1.54, 1.807) is 0 Å². The quantitative estimate of drug-likeness (QED) is 0.526. The first-order valence-corrected chi connectivity index (χ1v) is 11.6. The predicted octanol–water partition coefficient (Wildman–Crippen LogP) is 5.06. The molecule has 1 aliphatic rings. The summed E-state index contributed by atoms with van der Waals surface area (Å²) in [5.74, 6) is 1.03. The van der Waals surface area contributed by atoms with E-state index < -0.39 is 0 Å². The molecule has 0 fully saturated rings. The summed E-state index contributed by atoms with van der Waals surface area (Å²) in [4.78, 5) is 19.5. The maximum atomic E-state index is 13.0. The third-order valence-corrected chi connectivity index (χ3v) is 6.70. The van der Waals surface area contributed by atoms with Crippen LogP contribution in [0.2, 0.25) is 0 Å². The van der Waals surface area contributed by atoms with Crippen molar-refractivity contribution in [2.75, 3.05) is 18.1 Å². The van der Waals surface area contributed by atoms with E-state index in [1.807, 2.05) is 34.5 Å². The lowest BCUT2D eigenvalue weighted by Gasteiger charge is -2.31. The number of ether oxygens (including phenoxy) is 1. The van der Waals surface area contributed by atoms with E-state index in [2.05, 4.69) is 31.0 Å². The number of anilines is 1. The second kappa shape index (κ2) is 9.62. The summed E-state index contributed by atoms with van der Waals surface area (Å²) < 4.78 is 5.92. The maximum absolute atomic E-state index is 13.0. The van der Waals surface area contributed by atoms with Gasteiger partial charge in [0.2, 0.25) is 5.91 Å². The topological polar surface area (TPSA) is 62.7 Å². The van der Waals surface area contributed by atoms with Crippen LogP contribution in [-0.2, 0) is 17.8 Å². The number of fused-ring (bicyclic) bond motifs is 1. The molecule has 1 N–H and O–H groups in total. The molecule has 0 saturated heterocycles. The molecule has 162 valence electrons. The molecule has 4 rings (SSSR count). The van der Waals surface area contributed by atoms with Crippen molar-refractivity contribution in [1.29, 1.82) is 0 Å². The first-order valence-electron chi connectivity index (χ1n) is 10.8. The summed E-state index contributed by atoms with van der Waals surface area (Å²) in [6, 6.07) is 12.1. The number of aliphatic hydroxyl groups excluding tert-OH is 1. The van der Waals surface area contributed by atoms with Crippen LogP contribution in [0.15, 0.2) is 41.8 Å². The van der Waals surface area contributed by atoms with E-state index in [4.69, 9.17) is 4.74 Å². The third kappa shape index (κ3) is 4.65. The van der Waals surface area contributed by atoms with Gasteiger partial charge in [-0.1, -0.05) is 24.3 Å². The molecule has 1 aromatic heterocycles. The number of nitrogens with zero attached hydrogens (tertiary/aromatic N) is 2. The Morgan fingerprint density at radius 3 is 2.87 bits per heavy atom. The zero-order valence-corrected chi connectivity index (χ0v) is 18.9. The normalized spacial score (nSPS) is 13.2. The van der Waals surface area contributed by atoms with Crippen molar-refractivity contribution < 1.29 is 14.6 Å². The summed E-state index contributed by atoms with van der Waals surface area (Å²) in [6.45, 7) is 5.36. The Morgan fingerprint density at radius 1 is 1.23 bits per heavy atom. The lowest BCUT2D eigenvalue weighted by molar-refractivity contribution is -0.118. The van der Waals surface area contributed by atoms with Crippen molar-refractivity contribution >= 4 is 22.9 Å². The first-order chi connectivity index (χ1) is 15.1. The zero-order valence-electron chi connectivity index (χ0n) is 18.1. The van der Waals surface area contributed by atoms with Crippen molar-refractivity contribution in [2.45, 2.75) is 46.1 Å². The van der Waals surface area contributed by atoms with Crippen LogP contribution in [0.1, 0.15) is 41.0 Å². The molecule has 0 bridgehead atoms. The molecule has 0 radical (unpaired) electrons. The van der Waals surface area contributed by atoms with Gasteiger partial charge < -0.3 is 14.7 Å². The van der Waals surface area contributed by atoms with Crippen LogP contribution < -0.4 is 9.64 Å². The van der Waals surface area contributed by atoms with Gasteiger partial charge in [0.1, 0.15) is 10.8 Å². The Balaban J connectivity index is 1.42. The summed E-state index contributed by atoms with van der Waals surface area (Å²) in [7, 11) is 0. The summed E-state index contributed by atoms with van der Waals surface area (Å²) >= 11 is 1.46. The SMILES string of the molecule is Cc1cccc(OCCCC(=O)N2CCCc3c(-c4csc(CO)n4)cccc32)c1C. The number of aromatic nitrogens is 1. The molecule has 3 aromatic rings. The first kappa shape index (κ1) is 21.5. The van der Waals surface area contributed by atoms with Crippen LogP contribution in [0.3, 0.4) is 0 Å². The minimum Gasteiger partial charge on any atom is -0.493 e. The van der Waals surface area contributed by atoms with Crippen LogP contribution >= 0.6 is 11.3 Å². The second-order valence-electron chi connectivity index (χ2n) is 7.89. The van der Waals surface area contributed by atoms with Crippen LogP contribution in [0, 0.1) is 13.8 Å². The molecule has 0 spiro atoms. The maximum Gasteiger partial charge on any atom is 0.227 e. The summed E-state index contributed by atoms with van der Waals surface area (Å²) in [6.07, 6.45) is 3.01. The molecule has 5 nitrogen and oxygen atoms in total. The minimum absolute atomic E-state index is 0.0472. The number of aryl methyl sites for hydroxylation is 1. The molecule has 31 heavy (non-hydrogen) atoms. The third-order valence-electron chi connectivity index (χ3n) is 5.86. The largest absolute Gasteiger partial charge is 0.493 e. The van der Waals surface area contributed by atoms with Crippen molar-refractivity contribution in [1.82, 2.24) is 4.98 Å². The number of hydrogen-bond acceptors (Lipinski definition) is 5. The van der Waals surface area contributed by atoms with Gasteiger partial charge in [-0.2, -0.15) is 0 Å². The molecule has 1 amide bonds. The van der Waals surface area contributed by atoms with Gasteiger partial charge in [0.25, 0.3) is 0 Å². The number of hydrogen-bond donors (Lipinski definition) is 1. The molecule has 2 aromatic carbocycles. The molecule has 0 aliphatic carbocycles. The molecule has 6 heteroatoms. The predicted molar refractivity (Wildman–Crippen MR) is 125 cm³/mol. The fourth-order valence-electron chi connectivity index (χ4n) is 4.05. The number of carbonyl (C=O) groups is 1. The Kier molecular flexibility index (Phi) is 6.68. The number of carbonyl (C=O) groups excluding carboxylic acids is 1. The van der Waals surface area contributed by atoms with Gasteiger partial charge in [-0.25, -0.2) is 4.98 Å². The van der Waals surface area contributed by atoms with Crippen molar-refractivity contribution in [3.63, 3.8) is 0 Å². The molecule has 0 unspecified atom stereocenters. The van der Waals surface area contributed by atoms with E-state index in [0.29, 0.717) is 24.5 Å². The number of thiazole rings is 1. The molecule has 2 heterocycles. The number of benzene rings is 2. The van der Waals surface area contributed by atoms with Gasteiger partial charge >= 0.3 is 0 Å². The average Bonchev–Trinajstić information content (AvgIpc) is 3.27. The molecule has 0 saturated carbocycles. The van der Waals surface area contributed by atoms with Gasteiger partial charge in [0, 0.05) is 29.6 Å². The van der Waals surface area contributed by atoms with Crippen LogP contribution in [0.5, 0.6) is 5.75 Å². The molecular weight excluding hydrogens is 408 g/mol. The number of amides is 1. The van der Waals surface area contributed by atoms with E-state index in [0.717, 1.165) is 47.6 Å². The average molecular weight is 437 g/mol. The van der Waals surface area contributed by atoms with E-state index in [9.17, 15) is 9.90 Å². The van der Waals surface area contributed by atoms with Crippen LogP contribution in [-0.4, -0.2) is 29.1 Å². The standard InChI is InChI=1S/C25H28N2O3S/c1-17-7-3-11-23(18(17)2)30-14-6-12-25(29)27-13-5-9-20-19(8-4-10-22(20)27)21-16-31-24(15-28)26-21/h3-4,7-8,10-11,16,28H,5-6,9,12-15H2,1-2H3. The Hall–Kier alpha value is -2.70. The van der Waals surface area contributed by atoms with E-state index in [-0.39, 0.29) is 12.5 Å². The van der Waals surface area contributed by atoms with E-state index in [1.165, 1.54) is 22.5 Å². The minimum atomic E-state index is -0.0472. The molecule has 1 aliphatic heterocycles. The fraction of sp³-hybridized carbons (Fsp3) is 0.360. The fourth-order valence-corrected chi connectivity index (χ4v) is 4.70. The Labute approximate surface area is 187 Å². The van der Waals surface area contributed by atoms with Crippen LogP contribution in [0.25, 0.3) is 11.3 Å². The molecular formula is C25H28N2O3S. The highest BCUT2D eigenvalue weighted by molar-refractivity contribution is 7.09. The number of rotatable bonds is 7. The lowest BCUT2D eigenvalue weighted by atomic mass is 9.94. The Bertz CT molecular complexity index is 1080. The van der Waals surface area contributed by atoms with Gasteiger partial charge in [-0.05, 0) is 61.9 Å². The van der Waals surface area contributed by atoms with Crippen LogP contribution in [0.4, 0.5) is 5.69 Å². The zero-order chi connectivity index (χ0) is 21.8. The van der Waals surface area contributed by atoms with Crippen molar-refractivity contribution in [2.24, 2.45) is 0 Å². The highest BCUT2D eigenvalue weighted by Crippen LogP contribution is 2.36. The van der Waals surface area contributed by atoms with Gasteiger partial charge in [-0.15, -0.1) is 11.3 Å². The van der Waals surface area contributed by atoms with Gasteiger partial charge in [-0.3, -0.25) is 4.79 Å². The highest BCUT2D eigenvalue weighted by Gasteiger charge is 2.25. The van der Waals surface area contributed by atoms with E-state index >= 15 is 0 Å². The summed E-state index contributed by atoms with van der Waals surface area (Å²) in [5.41, 5.74) is 6.45. The second-order valence-corrected chi connectivity index (χ2v) is 8.83. The highest BCUT2D eigenvalue weighted by atomic mass is 32.1. The van der Waals surface area contributed by atoms with Gasteiger partial charge in [0.05, 0.1) is 18.9 Å². The summed E-state index contributed by atoms with van der Waals surface area (Å²) in [5, 5.41) is 12.0. The Morgan fingerprint density at radius 2 is 2.06 bits per heavy atom. The smallest absolute Gasteiger partial charge is 0.227 e. The van der Waals surface area contributed by atoms with Crippen molar-refractivity contribution in [3.8, 4) is 17.0 Å². The van der Waals surface area contributed by atoms with Crippen molar-refractivity contribution in [3.05, 3.63) is 63.5 Å². The lowest BCUT2D eigenvalue weighted by Crippen LogP contribution is -2.35. The monoisotopic (exact) mass is 436 g/mol. The molecule has 0 atom stereocenters. The number of aliphatic hydroxyl groups is 1.